The zero-order valence-corrected chi connectivity index (χ0v) is 10.7. The number of imidazole rings is 1. The summed E-state index contributed by atoms with van der Waals surface area (Å²) in [6, 6.07) is 6.11. The van der Waals surface area contributed by atoms with E-state index in [9.17, 15) is 0 Å². The number of fused-ring (bicyclic) bond motifs is 1. The van der Waals surface area contributed by atoms with E-state index in [0.29, 0.717) is 5.92 Å². The second-order valence-corrected chi connectivity index (χ2v) is 4.93. The average Bonchev–Trinajstić information content (AvgIpc) is 2.98. The summed E-state index contributed by atoms with van der Waals surface area (Å²) < 4.78 is 7.54. The van der Waals surface area contributed by atoms with E-state index in [1.54, 1.807) is 0 Å². The van der Waals surface area contributed by atoms with Crippen LogP contribution in [0, 0.1) is 12.8 Å². The van der Waals surface area contributed by atoms with Gasteiger partial charge in [-0.2, -0.15) is 0 Å². The van der Waals surface area contributed by atoms with Crippen LogP contribution in [0.4, 0.5) is 0 Å². The third kappa shape index (κ3) is 2.26. The molecular formula is C14H19N3O. The number of pyridine rings is 1. The van der Waals surface area contributed by atoms with Gasteiger partial charge in [0.2, 0.25) is 0 Å². The Morgan fingerprint density at radius 1 is 1.50 bits per heavy atom. The van der Waals surface area contributed by atoms with Crippen molar-refractivity contribution >= 4 is 5.65 Å². The minimum Gasteiger partial charge on any atom is -0.381 e. The molecular weight excluding hydrogens is 226 g/mol. The first-order valence-corrected chi connectivity index (χ1v) is 6.55. The highest BCUT2D eigenvalue weighted by Crippen LogP contribution is 2.13. The van der Waals surface area contributed by atoms with Crippen molar-refractivity contribution in [2.75, 3.05) is 19.8 Å². The van der Waals surface area contributed by atoms with Crippen LogP contribution in [0.5, 0.6) is 0 Å². The van der Waals surface area contributed by atoms with Gasteiger partial charge in [-0.3, -0.25) is 0 Å². The first-order chi connectivity index (χ1) is 8.84. The van der Waals surface area contributed by atoms with E-state index in [2.05, 4.69) is 27.8 Å². The molecule has 1 aliphatic heterocycles. The Balaban J connectivity index is 1.68. The van der Waals surface area contributed by atoms with Gasteiger partial charge in [0.1, 0.15) is 5.65 Å². The van der Waals surface area contributed by atoms with Crippen LogP contribution in [0.15, 0.2) is 24.4 Å². The molecule has 3 heterocycles. The summed E-state index contributed by atoms with van der Waals surface area (Å²) in [5.41, 5.74) is 3.39. The van der Waals surface area contributed by atoms with E-state index in [1.807, 2.05) is 18.2 Å². The van der Waals surface area contributed by atoms with E-state index >= 15 is 0 Å². The number of aryl methyl sites for hydroxylation is 1. The highest BCUT2D eigenvalue weighted by Gasteiger charge is 2.15. The molecule has 0 saturated carbocycles. The lowest BCUT2D eigenvalue weighted by atomic mass is 10.1. The maximum Gasteiger partial charge on any atom is 0.137 e. The molecule has 3 rings (SSSR count). The molecule has 18 heavy (non-hydrogen) atoms. The van der Waals surface area contributed by atoms with Crippen molar-refractivity contribution in [3.8, 4) is 0 Å². The second kappa shape index (κ2) is 5.08. The summed E-state index contributed by atoms with van der Waals surface area (Å²) >= 11 is 0. The predicted molar refractivity (Wildman–Crippen MR) is 70.6 cm³/mol. The van der Waals surface area contributed by atoms with Gasteiger partial charge in [-0.25, -0.2) is 4.98 Å². The number of rotatable bonds is 4. The smallest absolute Gasteiger partial charge is 0.137 e. The fourth-order valence-electron chi connectivity index (χ4n) is 2.52. The Morgan fingerprint density at radius 2 is 2.44 bits per heavy atom. The Morgan fingerprint density at radius 3 is 3.28 bits per heavy atom. The molecule has 1 aliphatic rings. The quantitative estimate of drug-likeness (QED) is 0.892. The SMILES string of the molecule is Cc1nc2ccccn2c1CNCC1CCOC1. The molecule has 0 amide bonds. The molecule has 0 aromatic carbocycles. The summed E-state index contributed by atoms with van der Waals surface area (Å²) in [6.45, 7) is 5.79. The number of ether oxygens (including phenoxy) is 1. The number of aromatic nitrogens is 2. The molecule has 1 atom stereocenters. The zero-order valence-electron chi connectivity index (χ0n) is 10.7. The highest BCUT2D eigenvalue weighted by atomic mass is 16.5. The van der Waals surface area contributed by atoms with Crippen molar-refractivity contribution in [1.29, 1.82) is 0 Å². The van der Waals surface area contributed by atoms with Gasteiger partial charge in [-0.1, -0.05) is 6.07 Å². The van der Waals surface area contributed by atoms with Gasteiger partial charge in [-0.15, -0.1) is 0 Å². The lowest BCUT2D eigenvalue weighted by molar-refractivity contribution is 0.185. The molecule has 1 unspecified atom stereocenters. The lowest BCUT2D eigenvalue weighted by Crippen LogP contribution is -2.23. The summed E-state index contributed by atoms with van der Waals surface area (Å²) in [7, 11) is 0. The maximum atomic E-state index is 5.38. The molecule has 2 aromatic heterocycles. The Bertz CT molecular complexity index is 529. The molecule has 0 bridgehead atoms. The first-order valence-electron chi connectivity index (χ1n) is 6.55. The molecule has 1 saturated heterocycles. The van der Waals surface area contributed by atoms with Crippen LogP contribution in [0.25, 0.3) is 5.65 Å². The van der Waals surface area contributed by atoms with Crippen LogP contribution >= 0.6 is 0 Å². The van der Waals surface area contributed by atoms with E-state index in [0.717, 1.165) is 37.6 Å². The van der Waals surface area contributed by atoms with Crippen molar-refractivity contribution < 1.29 is 4.74 Å². The van der Waals surface area contributed by atoms with E-state index in [-0.39, 0.29) is 0 Å². The van der Waals surface area contributed by atoms with Crippen LogP contribution in [0.3, 0.4) is 0 Å². The predicted octanol–water partition coefficient (Wildman–Crippen LogP) is 1.77. The van der Waals surface area contributed by atoms with Gasteiger partial charge in [0.25, 0.3) is 0 Å². The zero-order chi connectivity index (χ0) is 12.4. The van der Waals surface area contributed by atoms with Crippen LogP contribution in [-0.2, 0) is 11.3 Å². The maximum absolute atomic E-state index is 5.38. The standard InChI is InChI=1S/C14H19N3O/c1-11-13(9-15-8-12-5-7-18-10-12)17-6-3-2-4-14(17)16-11/h2-4,6,12,15H,5,7-10H2,1H3. The van der Waals surface area contributed by atoms with Gasteiger partial charge in [0.15, 0.2) is 0 Å². The molecule has 4 nitrogen and oxygen atoms in total. The van der Waals surface area contributed by atoms with E-state index in [1.165, 1.54) is 12.1 Å². The Kier molecular flexibility index (Phi) is 3.30. The third-order valence-electron chi connectivity index (χ3n) is 3.58. The molecule has 1 fully saturated rings. The normalized spacial score (nSPS) is 19.7. The molecule has 0 aliphatic carbocycles. The van der Waals surface area contributed by atoms with Crippen molar-refractivity contribution in [2.45, 2.75) is 19.9 Å². The number of nitrogens with zero attached hydrogens (tertiary/aromatic N) is 2. The molecule has 4 heteroatoms. The Hall–Kier alpha value is -1.39. The minimum absolute atomic E-state index is 0.671. The van der Waals surface area contributed by atoms with Crippen molar-refractivity contribution in [1.82, 2.24) is 14.7 Å². The highest BCUT2D eigenvalue weighted by molar-refractivity contribution is 5.42. The molecule has 96 valence electrons. The number of nitrogens with one attached hydrogen (secondary N) is 1. The third-order valence-corrected chi connectivity index (χ3v) is 3.58. The fourth-order valence-corrected chi connectivity index (χ4v) is 2.52. The molecule has 0 radical (unpaired) electrons. The van der Waals surface area contributed by atoms with Gasteiger partial charge in [-0.05, 0) is 31.4 Å². The minimum atomic E-state index is 0.671. The fraction of sp³-hybridized carbons (Fsp3) is 0.500. The van der Waals surface area contributed by atoms with Crippen LogP contribution < -0.4 is 5.32 Å². The van der Waals surface area contributed by atoms with Gasteiger partial charge < -0.3 is 14.5 Å². The number of hydrogen-bond donors (Lipinski definition) is 1. The Labute approximate surface area is 107 Å². The summed E-state index contributed by atoms with van der Waals surface area (Å²) in [5.74, 6) is 0.671. The van der Waals surface area contributed by atoms with Crippen molar-refractivity contribution in [3.63, 3.8) is 0 Å². The van der Waals surface area contributed by atoms with Gasteiger partial charge >= 0.3 is 0 Å². The van der Waals surface area contributed by atoms with Crippen LogP contribution in [-0.4, -0.2) is 29.1 Å². The summed E-state index contributed by atoms with van der Waals surface area (Å²) in [4.78, 5) is 4.56. The van der Waals surface area contributed by atoms with E-state index < -0.39 is 0 Å². The van der Waals surface area contributed by atoms with Gasteiger partial charge in [0.05, 0.1) is 18.0 Å². The topological polar surface area (TPSA) is 38.6 Å². The molecule has 2 aromatic rings. The summed E-state index contributed by atoms with van der Waals surface area (Å²) in [5, 5.41) is 3.52. The first kappa shape index (κ1) is 11.7. The lowest BCUT2D eigenvalue weighted by Gasteiger charge is -2.09. The molecule has 0 spiro atoms. The van der Waals surface area contributed by atoms with Crippen LogP contribution in [0.2, 0.25) is 0 Å². The number of hydrogen-bond acceptors (Lipinski definition) is 3. The molecule has 1 N–H and O–H groups in total. The van der Waals surface area contributed by atoms with E-state index in [4.69, 9.17) is 4.74 Å². The van der Waals surface area contributed by atoms with Crippen molar-refractivity contribution in [3.05, 3.63) is 35.8 Å². The van der Waals surface area contributed by atoms with Gasteiger partial charge in [0, 0.05) is 25.9 Å². The second-order valence-electron chi connectivity index (χ2n) is 4.93. The summed E-state index contributed by atoms with van der Waals surface area (Å²) in [6.07, 6.45) is 3.25. The van der Waals surface area contributed by atoms with Crippen molar-refractivity contribution in [2.24, 2.45) is 5.92 Å². The van der Waals surface area contributed by atoms with Crippen LogP contribution in [0.1, 0.15) is 17.8 Å². The largest absolute Gasteiger partial charge is 0.381 e. The average molecular weight is 245 g/mol. The monoisotopic (exact) mass is 245 g/mol.